The van der Waals surface area contributed by atoms with Gasteiger partial charge in [0.15, 0.2) is 11.5 Å². The number of ether oxygens (including phenoxy) is 3. The van der Waals surface area contributed by atoms with Crippen LogP contribution in [0.5, 0.6) is 17.2 Å². The van der Waals surface area contributed by atoms with Crippen molar-refractivity contribution in [1.82, 2.24) is 5.32 Å². The predicted octanol–water partition coefficient (Wildman–Crippen LogP) is 3.16. The topological polar surface area (TPSA) is 56.8 Å². The minimum Gasteiger partial charge on any atom is -0.497 e. The molecule has 2 aromatic rings. The van der Waals surface area contributed by atoms with Crippen LogP contribution in [0.2, 0.25) is 0 Å². The first-order chi connectivity index (χ1) is 12.2. The number of benzene rings is 2. The number of amides is 1. The fraction of sp³-hybridized carbons (Fsp3) is 0.316. The Morgan fingerprint density at radius 3 is 2.32 bits per heavy atom. The summed E-state index contributed by atoms with van der Waals surface area (Å²) in [4.78, 5) is 12.9. The van der Waals surface area contributed by atoms with Crippen molar-refractivity contribution in [3.63, 3.8) is 0 Å². The van der Waals surface area contributed by atoms with E-state index in [-0.39, 0.29) is 5.91 Å². The molecule has 0 aliphatic rings. The third-order valence-corrected chi connectivity index (χ3v) is 4.61. The van der Waals surface area contributed by atoms with Gasteiger partial charge in [0, 0.05) is 11.4 Å². The van der Waals surface area contributed by atoms with Gasteiger partial charge in [-0.25, -0.2) is 0 Å². The first kappa shape index (κ1) is 19.0. The van der Waals surface area contributed by atoms with Crippen LogP contribution in [0, 0.1) is 0 Å². The molecule has 134 valence electrons. The second kappa shape index (κ2) is 9.84. The fourth-order valence-electron chi connectivity index (χ4n) is 2.24. The minimum atomic E-state index is 0.00768. The maximum Gasteiger partial charge on any atom is 0.230 e. The number of thioether (sulfide) groups is 1. The van der Waals surface area contributed by atoms with Crippen molar-refractivity contribution in [2.24, 2.45) is 0 Å². The van der Waals surface area contributed by atoms with Crippen molar-refractivity contribution in [3.05, 3.63) is 48.0 Å². The summed E-state index contributed by atoms with van der Waals surface area (Å²) in [5.41, 5.74) is 1.16. The molecule has 6 heteroatoms. The molecule has 1 N–H and O–H groups in total. The molecule has 2 rings (SSSR count). The molecule has 5 nitrogen and oxygen atoms in total. The molecular weight excluding hydrogens is 338 g/mol. The van der Waals surface area contributed by atoms with E-state index >= 15 is 0 Å². The summed E-state index contributed by atoms with van der Waals surface area (Å²) in [6, 6.07) is 13.5. The molecule has 0 fully saturated rings. The van der Waals surface area contributed by atoms with Crippen molar-refractivity contribution in [1.29, 1.82) is 0 Å². The molecule has 1 amide bonds. The quantitative estimate of drug-likeness (QED) is 0.695. The number of nitrogens with one attached hydrogen (secondary N) is 1. The molecule has 0 aromatic heterocycles. The average molecular weight is 361 g/mol. The Morgan fingerprint density at radius 1 is 0.960 bits per heavy atom. The molecule has 0 aliphatic heterocycles. The van der Waals surface area contributed by atoms with Crippen LogP contribution in [-0.4, -0.2) is 39.5 Å². The van der Waals surface area contributed by atoms with Gasteiger partial charge >= 0.3 is 0 Å². The molecule has 0 saturated heterocycles. The second-order valence-corrected chi connectivity index (χ2v) is 6.30. The van der Waals surface area contributed by atoms with E-state index in [1.807, 2.05) is 42.5 Å². The predicted molar refractivity (Wildman–Crippen MR) is 100.0 cm³/mol. The van der Waals surface area contributed by atoms with Crippen LogP contribution in [0.4, 0.5) is 0 Å². The average Bonchev–Trinajstić information content (AvgIpc) is 2.66. The summed E-state index contributed by atoms with van der Waals surface area (Å²) < 4.78 is 15.6. The molecule has 0 atom stereocenters. The second-order valence-electron chi connectivity index (χ2n) is 5.25. The highest BCUT2D eigenvalue weighted by molar-refractivity contribution is 8.00. The van der Waals surface area contributed by atoms with Gasteiger partial charge in [0.2, 0.25) is 5.91 Å². The number of methoxy groups -OCH3 is 3. The van der Waals surface area contributed by atoms with E-state index in [4.69, 9.17) is 14.2 Å². The summed E-state index contributed by atoms with van der Waals surface area (Å²) in [7, 11) is 4.84. The Bertz CT molecular complexity index is 688. The molecule has 25 heavy (non-hydrogen) atoms. The summed E-state index contributed by atoms with van der Waals surface area (Å²) in [6.07, 6.45) is 0.788. The number of carbonyl (C=O) groups excluding carboxylic acids is 1. The molecule has 0 heterocycles. The fourth-order valence-corrected chi connectivity index (χ4v) is 3.00. The first-order valence-electron chi connectivity index (χ1n) is 7.90. The van der Waals surface area contributed by atoms with Crippen LogP contribution in [0.1, 0.15) is 5.56 Å². The van der Waals surface area contributed by atoms with Gasteiger partial charge in [0.25, 0.3) is 0 Å². The van der Waals surface area contributed by atoms with Crippen molar-refractivity contribution in [2.45, 2.75) is 11.3 Å². The zero-order chi connectivity index (χ0) is 18.1. The molecule has 0 unspecified atom stereocenters. The Kier molecular flexibility index (Phi) is 7.47. The van der Waals surface area contributed by atoms with Crippen molar-refractivity contribution >= 4 is 17.7 Å². The van der Waals surface area contributed by atoms with Crippen molar-refractivity contribution in [3.8, 4) is 17.2 Å². The zero-order valence-electron chi connectivity index (χ0n) is 14.7. The van der Waals surface area contributed by atoms with Gasteiger partial charge < -0.3 is 19.5 Å². The number of hydrogen-bond donors (Lipinski definition) is 1. The van der Waals surface area contributed by atoms with E-state index in [2.05, 4.69) is 5.32 Å². The lowest BCUT2D eigenvalue weighted by atomic mass is 10.1. The Morgan fingerprint density at radius 2 is 1.68 bits per heavy atom. The molecule has 0 saturated carbocycles. The third-order valence-electron chi connectivity index (χ3n) is 3.62. The van der Waals surface area contributed by atoms with Crippen LogP contribution in [0.15, 0.2) is 47.4 Å². The lowest BCUT2D eigenvalue weighted by molar-refractivity contribution is -0.118. The smallest absolute Gasteiger partial charge is 0.230 e. The van der Waals surface area contributed by atoms with Gasteiger partial charge in [-0.2, -0.15) is 0 Å². The van der Waals surface area contributed by atoms with E-state index in [1.165, 1.54) is 11.8 Å². The van der Waals surface area contributed by atoms with E-state index in [0.717, 1.165) is 22.6 Å². The summed E-state index contributed by atoms with van der Waals surface area (Å²) in [5, 5.41) is 2.93. The van der Waals surface area contributed by atoms with Crippen LogP contribution >= 0.6 is 11.8 Å². The molecule has 0 spiro atoms. The highest BCUT2D eigenvalue weighted by Crippen LogP contribution is 2.31. The zero-order valence-corrected chi connectivity index (χ0v) is 15.5. The number of hydrogen-bond acceptors (Lipinski definition) is 5. The summed E-state index contributed by atoms with van der Waals surface area (Å²) in [5.74, 6) is 2.54. The van der Waals surface area contributed by atoms with Crippen LogP contribution in [0.25, 0.3) is 0 Å². The third kappa shape index (κ3) is 5.90. The molecule has 0 aliphatic carbocycles. The Balaban J connectivity index is 1.75. The largest absolute Gasteiger partial charge is 0.497 e. The molecule has 0 bridgehead atoms. The van der Waals surface area contributed by atoms with Crippen LogP contribution in [-0.2, 0) is 11.2 Å². The lowest BCUT2D eigenvalue weighted by Gasteiger charge is -2.09. The number of carbonyl (C=O) groups is 1. The maximum absolute atomic E-state index is 12.0. The first-order valence-corrected chi connectivity index (χ1v) is 8.89. The number of rotatable bonds is 9. The van der Waals surface area contributed by atoms with Gasteiger partial charge in [-0.3, -0.25) is 4.79 Å². The van der Waals surface area contributed by atoms with Gasteiger partial charge in [0.1, 0.15) is 5.75 Å². The minimum absolute atomic E-state index is 0.00768. The van der Waals surface area contributed by atoms with Gasteiger partial charge in [-0.05, 0) is 42.3 Å². The lowest BCUT2D eigenvalue weighted by Crippen LogP contribution is -2.27. The van der Waals surface area contributed by atoms with Crippen molar-refractivity contribution in [2.75, 3.05) is 33.6 Å². The van der Waals surface area contributed by atoms with Crippen LogP contribution < -0.4 is 19.5 Å². The Labute approximate surface area is 152 Å². The summed E-state index contributed by atoms with van der Waals surface area (Å²) >= 11 is 1.46. The summed E-state index contributed by atoms with van der Waals surface area (Å²) in [6.45, 7) is 0.609. The Hall–Kier alpha value is -2.34. The molecular formula is C19H23NO4S. The highest BCUT2D eigenvalue weighted by Gasteiger charge is 2.07. The molecule has 0 radical (unpaired) electrons. The van der Waals surface area contributed by atoms with E-state index < -0.39 is 0 Å². The van der Waals surface area contributed by atoms with Gasteiger partial charge in [-0.15, -0.1) is 11.8 Å². The normalized spacial score (nSPS) is 10.2. The highest BCUT2D eigenvalue weighted by atomic mass is 32.2. The van der Waals surface area contributed by atoms with E-state index in [0.29, 0.717) is 23.8 Å². The molecule has 2 aromatic carbocycles. The monoisotopic (exact) mass is 361 g/mol. The van der Waals surface area contributed by atoms with Crippen LogP contribution in [0.3, 0.4) is 0 Å². The van der Waals surface area contributed by atoms with E-state index in [9.17, 15) is 4.79 Å². The van der Waals surface area contributed by atoms with Crippen molar-refractivity contribution < 1.29 is 19.0 Å². The van der Waals surface area contributed by atoms with Gasteiger partial charge in [-0.1, -0.05) is 12.1 Å². The van der Waals surface area contributed by atoms with E-state index in [1.54, 1.807) is 21.3 Å². The maximum atomic E-state index is 12.0. The standard InChI is InChI=1S/C19H23NO4S/c1-22-15-6-4-14(5-7-15)10-11-20-19(21)13-25-16-8-9-17(23-2)18(12-16)24-3/h4-9,12H,10-11,13H2,1-3H3,(H,20,21). The SMILES string of the molecule is COc1ccc(CCNC(=O)CSc2ccc(OC)c(OC)c2)cc1. The van der Waals surface area contributed by atoms with Gasteiger partial charge in [0.05, 0.1) is 27.1 Å².